The number of hydrogen-bond acceptors (Lipinski definition) is 5. The third-order valence-electron chi connectivity index (χ3n) is 1.78. The molecule has 0 fully saturated rings. The van der Waals surface area contributed by atoms with Gasteiger partial charge < -0.3 is 5.32 Å². The molecule has 0 aliphatic carbocycles. The van der Waals surface area contributed by atoms with E-state index in [4.69, 9.17) is 0 Å². The van der Waals surface area contributed by atoms with Gasteiger partial charge >= 0.3 is 0 Å². The lowest BCUT2D eigenvalue weighted by molar-refractivity contribution is 0.0940. The molecule has 1 aromatic heterocycles. The van der Waals surface area contributed by atoms with Gasteiger partial charge in [-0.25, -0.2) is 0 Å². The van der Waals surface area contributed by atoms with Crippen molar-refractivity contribution in [2.24, 2.45) is 0 Å². The van der Waals surface area contributed by atoms with Gasteiger partial charge in [-0.1, -0.05) is 0 Å². The molecule has 14 heavy (non-hydrogen) atoms. The zero-order chi connectivity index (χ0) is 10.6. The normalized spacial score (nSPS) is 11.4. The molecular formula is C7H13N5OS. The van der Waals surface area contributed by atoms with Crippen molar-refractivity contribution in [2.45, 2.75) is 18.6 Å². The molecule has 0 aliphatic rings. The van der Waals surface area contributed by atoms with E-state index in [0.29, 0.717) is 6.54 Å². The van der Waals surface area contributed by atoms with Crippen LogP contribution in [0.25, 0.3) is 0 Å². The Morgan fingerprint density at radius 2 is 2.36 bits per heavy atom. The highest BCUT2D eigenvalue weighted by atomic mass is 32.2. The van der Waals surface area contributed by atoms with Crippen molar-refractivity contribution in [3.63, 3.8) is 0 Å². The van der Waals surface area contributed by atoms with E-state index in [1.165, 1.54) is 0 Å². The summed E-state index contributed by atoms with van der Waals surface area (Å²) in [7, 11) is 0. The maximum atomic E-state index is 11.4. The third-order valence-corrected chi connectivity index (χ3v) is 3.03. The second kappa shape index (κ2) is 4.41. The molecule has 1 amide bonds. The first-order valence-electron chi connectivity index (χ1n) is 4.12. The SMILES string of the molecule is CSC(C)(C)CNC(=O)c1nn[nH]n1. The molecule has 0 spiro atoms. The van der Waals surface area contributed by atoms with Gasteiger partial charge in [-0.3, -0.25) is 4.79 Å². The number of amides is 1. The zero-order valence-corrected chi connectivity index (χ0v) is 9.18. The van der Waals surface area contributed by atoms with E-state index in [0.717, 1.165) is 0 Å². The predicted molar refractivity (Wildman–Crippen MR) is 54.1 cm³/mol. The molecule has 0 atom stereocenters. The number of H-pyrrole nitrogens is 1. The van der Waals surface area contributed by atoms with E-state index in [9.17, 15) is 4.79 Å². The third kappa shape index (κ3) is 2.99. The van der Waals surface area contributed by atoms with Crippen LogP contribution in [0.3, 0.4) is 0 Å². The highest BCUT2D eigenvalue weighted by Gasteiger charge is 2.18. The Hall–Kier alpha value is -1.11. The molecule has 2 N–H and O–H groups in total. The highest BCUT2D eigenvalue weighted by molar-refractivity contribution is 7.99. The van der Waals surface area contributed by atoms with Crippen molar-refractivity contribution in [2.75, 3.05) is 12.8 Å². The minimum Gasteiger partial charge on any atom is -0.348 e. The summed E-state index contributed by atoms with van der Waals surface area (Å²) in [6.07, 6.45) is 2.00. The van der Waals surface area contributed by atoms with Crippen LogP contribution in [-0.2, 0) is 0 Å². The van der Waals surface area contributed by atoms with Crippen molar-refractivity contribution in [1.82, 2.24) is 25.9 Å². The number of nitrogens with one attached hydrogen (secondary N) is 2. The summed E-state index contributed by atoms with van der Waals surface area (Å²) in [4.78, 5) is 11.4. The molecule has 0 saturated carbocycles. The number of thioether (sulfide) groups is 1. The number of tetrazole rings is 1. The van der Waals surface area contributed by atoms with Crippen molar-refractivity contribution < 1.29 is 4.79 Å². The summed E-state index contributed by atoms with van der Waals surface area (Å²) in [5.41, 5.74) is 0. The van der Waals surface area contributed by atoms with E-state index in [1.807, 2.05) is 20.1 Å². The van der Waals surface area contributed by atoms with Gasteiger partial charge in [0.1, 0.15) is 0 Å². The molecular weight excluding hydrogens is 202 g/mol. The lowest BCUT2D eigenvalue weighted by Gasteiger charge is -2.21. The molecule has 0 radical (unpaired) electrons. The molecule has 7 heteroatoms. The smallest absolute Gasteiger partial charge is 0.292 e. The molecule has 1 heterocycles. The van der Waals surface area contributed by atoms with Crippen molar-refractivity contribution in [3.05, 3.63) is 5.82 Å². The first-order valence-corrected chi connectivity index (χ1v) is 5.34. The second-order valence-electron chi connectivity index (χ2n) is 3.38. The van der Waals surface area contributed by atoms with Crippen LogP contribution in [0.4, 0.5) is 0 Å². The van der Waals surface area contributed by atoms with Gasteiger partial charge in [0, 0.05) is 11.3 Å². The largest absolute Gasteiger partial charge is 0.348 e. The first kappa shape index (κ1) is 11.0. The van der Waals surface area contributed by atoms with E-state index < -0.39 is 0 Å². The van der Waals surface area contributed by atoms with Crippen LogP contribution < -0.4 is 5.32 Å². The van der Waals surface area contributed by atoms with Crippen molar-refractivity contribution >= 4 is 17.7 Å². The van der Waals surface area contributed by atoms with Crippen LogP contribution in [0.2, 0.25) is 0 Å². The molecule has 0 aromatic carbocycles. The number of aromatic amines is 1. The summed E-state index contributed by atoms with van der Waals surface area (Å²) >= 11 is 1.69. The van der Waals surface area contributed by atoms with E-state index >= 15 is 0 Å². The van der Waals surface area contributed by atoms with E-state index in [1.54, 1.807) is 11.8 Å². The summed E-state index contributed by atoms with van der Waals surface area (Å²) in [5, 5.41) is 15.4. The Morgan fingerprint density at radius 3 is 2.86 bits per heavy atom. The minimum absolute atomic E-state index is 0.0133. The molecule has 78 valence electrons. The quantitative estimate of drug-likeness (QED) is 0.742. The summed E-state index contributed by atoms with van der Waals surface area (Å²) in [6, 6.07) is 0. The van der Waals surface area contributed by atoms with Crippen molar-refractivity contribution in [3.8, 4) is 0 Å². The Morgan fingerprint density at radius 1 is 1.64 bits per heavy atom. The fraction of sp³-hybridized carbons (Fsp3) is 0.714. The van der Waals surface area contributed by atoms with Crippen LogP contribution in [0, 0.1) is 0 Å². The molecule has 1 aromatic rings. The van der Waals surface area contributed by atoms with Crippen LogP contribution in [0.15, 0.2) is 0 Å². The highest BCUT2D eigenvalue weighted by Crippen LogP contribution is 2.19. The van der Waals surface area contributed by atoms with Gasteiger partial charge in [0.2, 0.25) is 0 Å². The number of aromatic nitrogens is 4. The number of carbonyl (C=O) groups excluding carboxylic acids is 1. The maximum Gasteiger partial charge on any atom is 0.292 e. The summed E-state index contributed by atoms with van der Waals surface area (Å²) < 4.78 is 0.0133. The standard InChI is InChI=1S/C7H13N5OS/c1-7(2,14-3)4-8-6(13)5-9-11-12-10-5/h4H2,1-3H3,(H,8,13)(H,9,10,11,12). The fourth-order valence-electron chi connectivity index (χ4n) is 0.702. The van der Waals surface area contributed by atoms with Crippen LogP contribution >= 0.6 is 11.8 Å². The fourth-order valence-corrected chi connectivity index (χ4v) is 0.919. The molecule has 0 bridgehead atoms. The Bertz CT molecular complexity index is 297. The zero-order valence-electron chi connectivity index (χ0n) is 8.37. The lowest BCUT2D eigenvalue weighted by atomic mass is 10.2. The average Bonchev–Trinajstić information content (AvgIpc) is 2.67. The van der Waals surface area contributed by atoms with Gasteiger partial charge in [-0.15, -0.1) is 10.2 Å². The lowest BCUT2D eigenvalue weighted by Crippen LogP contribution is -2.36. The van der Waals surface area contributed by atoms with Gasteiger partial charge in [0.05, 0.1) is 0 Å². The summed E-state index contributed by atoms with van der Waals surface area (Å²) in [6.45, 7) is 4.67. The second-order valence-corrected chi connectivity index (χ2v) is 4.90. The topological polar surface area (TPSA) is 83.6 Å². The number of nitrogens with zero attached hydrogens (tertiary/aromatic N) is 3. The van der Waals surface area contributed by atoms with Crippen molar-refractivity contribution in [1.29, 1.82) is 0 Å². The van der Waals surface area contributed by atoms with Gasteiger partial charge in [0.25, 0.3) is 11.7 Å². The monoisotopic (exact) mass is 215 g/mol. The Kier molecular flexibility index (Phi) is 3.45. The van der Waals surface area contributed by atoms with Gasteiger partial charge in [-0.2, -0.15) is 17.0 Å². The molecule has 6 nitrogen and oxygen atoms in total. The molecule has 1 rings (SSSR count). The average molecular weight is 215 g/mol. The predicted octanol–water partition coefficient (Wildman–Crippen LogP) is 0.0711. The van der Waals surface area contributed by atoms with E-state index in [-0.39, 0.29) is 16.5 Å². The Balaban J connectivity index is 2.43. The van der Waals surface area contributed by atoms with Crippen LogP contribution in [0.1, 0.15) is 24.5 Å². The molecule has 0 saturated heterocycles. The maximum absolute atomic E-state index is 11.4. The minimum atomic E-state index is -0.305. The van der Waals surface area contributed by atoms with Crippen LogP contribution in [0.5, 0.6) is 0 Å². The molecule has 0 unspecified atom stereocenters. The number of rotatable bonds is 4. The molecule has 0 aliphatic heterocycles. The number of carbonyl (C=O) groups is 1. The van der Waals surface area contributed by atoms with Gasteiger partial charge in [-0.05, 0) is 25.3 Å². The summed E-state index contributed by atoms with van der Waals surface area (Å²) in [5.74, 6) is -0.234. The van der Waals surface area contributed by atoms with Crippen LogP contribution in [-0.4, -0.2) is 44.1 Å². The Labute approximate surface area is 86.2 Å². The first-order chi connectivity index (χ1) is 6.55. The van der Waals surface area contributed by atoms with Gasteiger partial charge in [0.15, 0.2) is 0 Å². The number of hydrogen-bond donors (Lipinski definition) is 2. The van der Waals surface area contributed by atoms with E-state index in [2.05, 4.69) is 25.9 Å².